The van der Waals surface area contributed by atoms with Crippen molar-refractivity contribution in [3.05, 3.63) is 17.9 Å². The molecule has 1 heterocycles. The number of aliphatic hydroxyl groups excluding tert-OH is 1. The van der Waals surface area contributed by atoms with Gasteiger partial charge in [0.1, 0.15) is 0 Å². The third kappa shape index (κ3) is 4.37. The number of hydrogen-bond acceptors (Lipinski definition) is 5. The number of carbonyl (C=O) groups is 1. The van der Waals surface area contributed by atoms with E-state index in [4.69, 9.17) is 19.4 Å². The van der Waals surface area contributed by atoms with Crippen molar-refractivity contribution in [3.8, 4) is 0 Å². The van der Waals surface area contributed by atoms with Gasteiger partial charge in [0.2, 0.25) is 5.76 Å². The van der Waals surface area contributed by atoms with Gasteiger partial charge >= 0.3 is 5.97 Å². The molecule has 2 N–H and O–H groups in total. The Hall–Kier alpha value is -0.980. The first-order chi connectivity index (χ1) is 7.24. The SMILES string of the molecule is O=C(O)c1ccc(SCCOCCO)o1. The molecule has 0 unspecified atom stereocenters. The molecule has 6 heteroatoms. The predicted molar refractivity (Wildman–Crippen MR) is 54.3 cm³/mol. The molecule has 0 aliphatic carbocycles. The van der Waals surface area contributed by atoms with E-state index in [2.05, 4.69) is 0 Å². The van der Waals surface area contributed by atoms with Gasteiger partial charge in [-0.15, -0.1) is 0 Å². The number of aromatic carboxylic acids is 1. The summed E-state index contributed by atoms with van der Waals surface area (Å²) in [6.45, 7) is 0.821. The first kappa shape index (κ1) is 12.1. The zero-order valence-electron chi connectivity index (χ0n) is 8.01. The second-order valence-corrected chi connectivity index (χ2v) is 3.71. The van der Waals surface area contributed by atoms with Crippen LogP contribution in [0, 0.1) is 0 Å². The van der Waals surface area contributed by atoms with Crippen molar-refractivity contribution < 1.29 is 24.2 Å². The molecular weight excluding hydrogens is 220 g/mol. The fraction of sp³-hybridized carbons (Fsp3) is 0.444. The molecule has 84 valence electrons. The van der Waals surface area contributed by atoms with Crippen molar-refractivity contribution in [1.29, 1.82) is 0 Å². The average molecular weight is 232 g/mol. The van der Waals surface area contributed by atoms with Gasteiger partial charge in [0.25, 0.3) is 0 Å². The lowest BCUT2D eigenvalue weighted by Crippen LogP contribution is -2.02. The van der Waals surface area contributed by atoms with E-state index in [0.717, 1.165) is 0 Å². The van der Waals surface area contributed by atoms with E-state index >= 15 is 0 Å². The summed E-state index contributed by atoms with van der Waals surface area (Å²) in [6, 6.07) is 3.03. The van der Waals surface area contributed by atoms with E-state index < -0.39 is 5.97 Å². The largest absolute Gasteiger partial charge is 0.475 e. The van der Waals surface area contributed by atoms with Crippen molar-refractivity contribution in [2.75, 3.05) is 25.6 Å². The van der Waals surface area contributed by atoms with Crippen LogP contribution in [0.15, 0.2) is 21.6 Å². The predicted octanol–water partition coefficient (Wildman–Crippen LogP) is 1.08. The van der Waals surface area contributed by atoms with Crippen molar-refractivity contribution in [2.45, 2.75) is 5.09 Å². The molecule has 1 aromatic rings. The van der Waals surface area contributed by atoms with Crippen LogP contribution in [-0.2, 0) is 4.74 Å². The summed E-state index contributed by atoms with van der Waals surface area (Å²) in [7, 11) is 0. The maximum atomic E-state index is 10.5. The van der Waals surface area contributed by atoms with E-state index in [1.807, 2.05) is 0 Å². The van der Waals surface area contributed by atoms with Gasteiger partial charge in [-0.2, -0.15) is 0 Å². The van der Waals surface area contributed by atoms with Crippen LogP contribution in [0.5, 0.6) is 0 Å². The van der Waals surface area contributed by atoms with Crippen molar-refractivity contribution >= 4 is 17.7 Å². The molecule has 1 aromatic heterocycles. The molecule has 0 saturated heterocycles. The molecule has 1 rings (SSSR count). The van der Waals surface area contributed by atoms with Gasteiger partial charge in [-0.25, -0.2) is 4.79 Å². The minimum atomic E-state index is -1.07. The number of rotatable bonds is 7. The Kier molecular flexibility index (Phi) is 5.23. The second-order valence-electron chi connectivity index (χ2n) is 2.61. The molecule has 0 aliphatic heterocycles. The minimum Gasteiger partial charge on any atom is -0.475 e. The molecule has 0 aromatic carbocycles. The molecular formula is C9H12O5S. The maximum Gasteiger partial charge on any atom is 0.371 e. The van der Waals surface area contributed by atoms with Crippen LogP contribution >= 0.6 is 11.8 Å². The molecule has 0 atom stereocenters. The summed E-state index contributed by atoms with van der Waals surface area (Å²) < 4.78 is 10.0. The minimum absolute atomic E-state index is 0.00851. The van der Waals surface area contributed by atoms with Crippen LogP contribution in [-0.4, -0.2) is 41.8 Å². The van der Waals surface area contributed by atoms with Gasteiger partial charge in [-0.3, -0.25) is 0 Å². The fourth-order valence-electron chi connectivity index (χ4n) is 0.880. The summed E-state index contributed by atoms with van der Waals surface area (Å²) >= 11 is 1.37. The van der Waals surface area contributed by atoms with Crippen molar-refractivity contribution in [2.24, 2.45) is 0 Å². The number of furan rings is 1. The van der Waals surface area contributed by atoms with Crippen LogP contribution in [0.2, 0.25) is 0 Å². The van der Waals surface area contributed by atoms with Crippen molar-refractivity contribution in [1.82, 2.24) is 0 Å². The van der Waals surface area contributed by atoms with Crippen LogP contribution in [0.3, 0.4) is 0 Å². The summed E-state index contributed by atoms with van der Waals surface area (Å²) in [5.74, 6) is -0.473. The maximum absolute atomic E-state index is 10.5. The fourth-order valence-corrected chi connectivity index (χ4v) is 1.60. The Labute approximate surface area is 91.0 Å². The third-order valence-corrected chi connectivity index (χ3v) is 2.37. The average Bonchev–Trinajstić information content (AvgIpc) is 2.66. The Morgan fingerprint density at radius 3 is 2.87 bits per heavy atom. The highest BCUT2D eigenvalue weighted by atomic mass is 32.2. The van der Waals surface area contributed by atoms with E-state index in [1.165, 1.54) is 17.8 Å². The van der Waals surface area contributed by atoms with E-state index in [0.29, 0.717) is 24.1 Å². The molecule has 0 saturated carbocycles. The Morgan fingerprint density at radius 2 is 2.27 bits per heavy atom. The second kappa shape index (κ2) is 6.49. The lowest BCUT2D eigenvalue weighted by Gasteiger charge is -1.99. The monoisotopic (exact) mass is 232 g/mol. The van der Waals surface area contributed by atoms with Crippen LogP contribution < -0.4 is 0 Å². The first-order valence-electron chi connectivity index (χ1n) is 4.38. The standard InChI is InChI=1S/C9H12O5S/c10-3-4-13-5-6-15-8-2-1-7(14-8)9(11)12/h1-2,10H,3-6H2,(H,11,12). The first-order valence-corrected chi connectivity index (χ1v) is 5.37. The van der Waals surface area contributed by atoms with E-state index in [1.54, 1.807) is 6.07 Å². The van der Waals surface area contributed by atoms with Gasteiger partial charge in [-0.1, -0.05) is 11.8 Å². The molecule has 5 nitrogen and oxygen atoms in total. The van der Waals surface area contributed by atoms with Gasteiger partial charge in [-0.05, 0) is 12.1 Å². The summed E-state index contributed by atoms with van der Waals surface area (Å²) in [4.78, 5) is 10.5. The Morgan fingerprint density at radius 1 is 1.47 bits per heavy atom. The summed E-state index contributed by atoms with van der Waals surface area (Å²) in [5, 5.41) is 17.6. The van der Waals surface area contributed by atoms with Crippen LogP contribution in [0.1, 0.15) is 10.6 Å². The highest BCUT2D eigenvalue weighted by molar-refractivity contribution is 7.99. The Balaban J connectivity index is 2.23. The topological polar surface area (TPSA) is 79.9 Å². The third-order valence-electron chi connectivity index (χ3n) is 1.50. The van der Waals surface area contributed by atoms with Gasteiger partial charge < -0.3 is 19.4 Å². The van der Waals surface area contributed by atoms with E-state index in [-0.39, 0.29) is 12.4 Å². The summed E-state index contributed by atoms with van der Waals surface area (Å²) in [5.41, 5.74) is 0. The highest BCUT2D eigenvalue weighted by Gasteiger charge is 2.08. The van der Waals surface area contributed by atoms with Gasteiger partial charge in [0.15, 0.2) is 5.09 Å². The number of ether oxygens (including phenoxy) is 1. The number of thioether (sulfide) groups is 1. The molecule has 0 radical (unpaired) electrons. The Bertz CT molecular complexity index is 309. The molecule has 0 fully saturated rings. The lowest BCUT2D eigenvalue weighted by atomic mass is 10.5. The highest BCUT2D eigenvalue weighted by Crippen LogP contribution is 2.20. The quantitative estimate of drug-likeness (QED) is 0.541. The molecule has 0 spiro atoms. The smallest absolute Gasteiger partial charge is 0.371 e. The van der Waals surface area contributed by atoms with Gasteiger partial charge in [0, 0.05) is 5.75 Å². The number of aliphatic hydroxyl groups is 1. The number of carboxylic acid groups (broad SMARTS) is 1. The zero-order valence-corrected chi connectivity index (χ0v) is 8.83. The van der Waals surface area contributed by atoms with E-state index in [9.17, 15) is 4.79 Å². The van der Waals surface area contributed by atoms with Crippen LogP contribution in [0.25, 0.3) is 0 Å². The molecule has 0 aliphatic rings. The van der Waals surface area contributed by atoms with Crippen LogP contribution in [0.4, 0.5) is 0 Å². The number of hydrogen-bond donors (Lipinski definition) is 2. The normalized spacial score (nSPS) is 10.5. The number of carboxylic acids is 1. The zero-order chi connectivity index (χ0) is 11.1. The lowest BCUT2D eigenvalue weighted by molar-refractivity contribution is 0.0656. The molecule has 0 bridgehead atoms. The van der Waals surface area contributed by atoms with Gasteiger partial charge in [0.05, 0.1) is 19.8 Å². The van der Waals surface area contributed by atoms with Crippen molar-refractivity contribution in [3.63, 3.8) is 0 Å². The molecule has 0 amide bonds. The summed E-state index contributed by atoms with van der Waals surface area (Å²) in [6.07, 6.45) is 0. The molecule has 15 heavy (non-hydrogen) atoms.